The molecule has 0 bridgehead atoms. The Bertz CT molecular complexity index is 977. The Balaban J connectivity index is 1.72. The largest absolute Gasteiger partial charge is 0.497 e. The Labute approximate surface area is 175 Å². The molecule has 1 heterocycles. The standard InChI is InChI=1S/C20H18F3N3O3S/c1-24-19(25-13-5-3-4-12(10-13)20(21,22)23)30-16-11-17(27)26(18(16)28)14-6-8-15(29-2)9-7-14/h3-10,16H,11H2,1-2H3,(H,24,25). The Hall–Kier alpha value is -3.01. The second-order valence-electron chi connectivity index (χ2n) is 6.31. The molecule has 1 aliphatic rings. The fourth-order valence-corrected chi connectivity index (χ4v) is 3.85. The van der Waals surface area contributed by atoms with Crippen LogP contribution in [0.25, 0.3) is 0 Å². The van der Waals surface area contributed by atoms with Gasteiger partial charge in [0.2, 0.25) is 11.8 Å². The van der Waals surface area contributed by atoms with E-state index in [1.54, 1.807) is 24.3 Å². The molecule has 1 saturated heterocycles. The number of imide groups is 1. The van der Waals surface area contributed by atoms with Crippen molar-refractivity contribution in [1.82, 2.24) is 0 Å². The number of thioether (sulfide) groups is 1. The van der Waals surface area contributed by atoms with Crippen LogP contribution in [0, 0.1) is 0 Å². The van der Waals surface area contributed by atoms with Crippen molar-refractivity contribution in [2.24, 2.45) is 4.99 Å². The number of rotatable bonds is 4. The molecule has 1 unspecified atom stereocenters. The summed E-state index contributed by atoms with van der Waals surface area (Å²) in [6.45, 7) is 0. The smallest absolute Gasteiger partial charge is 0.416 e. The third-order valence-electron chi connectivity index (χ3n) is 4.33. The number of hydrogen-bond donors (Lipinski definition) is 1. The monoisotopic (exact) mass is 437 g/mol. The van der Waals surface area contributed by atoms with E-state index in [0.29, 0.717) is 11.4 Å². The number of amidine groups is 1. The van der Waals surface area contributed by atoms with E-state index in [1.807, 2.05) is 0 Å². The molecule has 0 radical (unpaired) electrons. The molecule has 10 heteroatoms. The van der Waals surface area contributed by atoms with E-state index in [4.69, 9.17) is 4.74 Å². The summed E-state index contributed by atoms with van der Waals surface area (Å²) >= 11 is 0.999. The van der Waals surface area contributed by atoms with Crippen LogP contribution in [0.3, 0.4) is 0 Å². The predicted molar refractivity (Wildman–Crippen MR) is 110 cm³/mol. The molecule has 0 saturated carbocycles. The molecule has 0 spiro atoms. The zero-order valence-electron chi connectivity index (χ0n) is 16.1. The van der Waals surface area contributed by atoms with Crippen LogP contribution in [0.15, 0.2) is 53.5 Å². The summed E-state index contributed by atoms with van der Waals surface area (Å²) in [6.07, 6.45) is -4.51. The minimum atomic E-state index is -4.47. The van der Waals surface area contributed by atoms with E-state index in [0.717, 1.165) is 28.8 Å². The summed E-state index contributed by atoms with van der Waals surface area (Å²) < 4.78 is 43.8. The molecule has 1 N–H and O–H groups in total. The Kier molecular flexibility index (Phi) is 6.35. The predicted octanol–water partition coefficient (Wildman–Crippen LogP) is 4.18. The molecular weight excluding hydrogens is 419 g/mol. The van der Waals surface area contributed by atoms with Crippen LogP contribution in [0.5, 0.6) is 5.75 Å². The molecule has 2 aromatic carbocycles. The Morgan fingerprint density at radius 3 is 2.50 bits per heavy atom. The van der Waals surface area contributed by atoms with Gasteiger partial charge in [-0.3, -0.25) is 14.6 Å². The van der Waals surface area contributed by atoms with Gasteiger partial charge in [0.15, 0.2) is 5.17 Å². The summed E-state index contributed by atoms with van der Waals surface area (Å²) in [6, 6.07) is 11.2. The molecule has 1 atom stereocenters. The number of ether oxygens (including phenoxy) is 1. The van der Waals surface area contributed by atoms with E-state index in [-0.39, 0.29) is 23.2 Å². The van der Waals surface area contributed by atoms with Crippen LogP contribution in [0.4, 0.5) is 24.5 Å². The van der Waals surface area contributed by atoms with Crippen LogP contribution < -0.4 is 15.0 Å². The van der Waals surface area contributed by atoms with E-state index < -0.39 is 22.9 Å². The quantitative estimate of drug-likeness (QED) is 0.442. The van der Waals surface area contributed by atoms with Crippen molar-refractivity contribution in [3.05, 3.63) is 54.1 Å². The number of aliphatic imine (C=N–C) groups is 1. The van der Waals surface area contributed by atoms with E-state index in [2.05, 4.69) is 10.3 Å². The zero-order chi connectivity index (χ0) is 21.9. The number of anilines is 2. The number of amides is 2. The number of carbonyl (C=O) groups is 2. The third-order valence-corrected chi connectivity index (χ3v) is 5.49. The highest BCUT2D eigenvalue weighted by atomic mass is 32.2. The van der Waals surface area contributed by atoms with Crippen molar-refractivity contribution in [2.75, 3.05) is 24.4 Å². The van der Waals surface area contributed by atoms with Gasteiger partial charge in [0.25, 0.3) is 0 Å². The minimum absolute atomic E-state index is 0.0428. The van der Waals surface area contributed by atoms with Crippen molar-refractivity contribution in [2.45, 2.75) is 17.8 Å². The second-order valence-corrected chi connectivity index (χ2v) is 7.50. The van der Waals surface area contributed by atoms with E-state index in [1.165, 1.54) is 26.3 Å². The summed E-state index contributed by atoms with van der Waals surface area (Å²) in [5.41, 5.74) is -0.192. The molecule has 1 aliphatic heterocycles. The first-order valence-corrected chi connectivity index (χ1v) is 9.69. The molecular formula is C20H18F3N3O3S. The van der Waals surface area contributed by atoms with Gasteiger partial charge in [0, 0.05) is 19.2 Å². The molecule has 0 aliphatic carbocycles. The van der Waals surface area contributed by atoms with Crippen LogP contribution in [-0.2, 0) is 15.8 Å². The van der Waals surface area contributed by atoms with E-state index >= 15 is 0 Å². The van der Waals surface area contributed by atoms with Crippen LogP contribution in [-0.4, -0.2) is 36.4 Å². The lowest BCUT2D eigenvalue weighted by Gasteiger charge is -2.16. The highest BCUT2D eigenvalue weighted by Gasteiger charge is 2.41. The minimum Gasteiger partial charge on any atom is -0.497 e. The van der Waals surface area contributed by atoms with Gasteiger partial charge in [-0.2, -0.15) is 13.2 Å². The molecule has 3 rings (SSSR count). The molecule has 158 valence electrons. The Morgan fingerprint density at radius 1 is 1.20 bits per heavy atom. The van der Waals surface area contributed by atoms with Gasteiger partial charge in [-0.25, -0.2) is 4.90 Å². The normalized spacial score (nSPS) is 17.4. The average molecular weight is 437 g/mol. The van der Waals surface area contributed by atoms with Gasteiger partial charge in [-0.05, 0) is 42.5 Å². The zero-order valence-corrected chi connectivity index (χ0v) is 16.9. The van der Waals surface area contributed by atoms with Crippen LogP contribution in [0.2, 0.25) is 0 Å². The number of methoxy groups -OCH3 is 1. The highest BCUT2D eigenvalue weighted by molar-refractivity contribution is 8.15. The fourth-order valence-electron chi connectivity index (χ4n) is 2.87. The Morgan fingerprint density at radius 2 is 1.90 bits per heavy atom. The number of hydrogen-bond acceptors (Lipinski definition) is 5. The molecule has 6 nitrogen and oxygen atoms in total. The molecule has 0 aromatic heterocycles. The van der Waals surface area contributed by atoms with Crippen molar-refractivity contribution in [1.29, 1.82) is 0 Å². The first-order valence-electron chi connectivity index (χ1n) is 8.81. The molecule has 1 fully saturated rings. The first-order chi connectivity index (χ1) is 14.2. The summed E-state index contributed by atoms with van der Waals surface area (Å²) in [4.78, 5) is 30.3. The molecule has 30 heavy (non-hydrogen) atoms. The first kappa shape index (κ1) is 21.7. The number of carbonyl (C=O) groups excluding carboxylic acids is 2. The van der Waals surface area contributed by atoms with Crippen molar-refractivity contribution >= 4 is 40.1 Å². The second kappa shape index (κ2) is 8.78. The number of nitrogens with one attached hydrogen (secondary N) is 1. The maximum Gasteiger partial charge on any atom is 0.416 e. The van der Waals surface area contributed by atoms with Crippen LogP contribution in [0.1, 0.15) is 12.0 Å². The van der Waals surface area contributed by atoms with Gasteiger partial charge < -0.3 is 10.1 Å². The van der Waals surface area contributed by atoms with Crippen molar-refractivity contribution in [3.8, 4) is 5.75 Å². The third kappa shape index (κ3) is 4.76. The van der Waals surface area contributed by atoms with Crippen molar-refractivity contribution in [3.63, 3.8) is 0 Å². The lowest BCUT2D eigenvalue weighted by Crippen LogP contribution is -2.31. The molecule has 2 amide bonds. The number of benzene rings is 2. The number of alkyl halides is 3. The van der Waals surface area contributed by atoms with Gasteiger partial charge in [0.1, 0.15) is 11.0 Å². The fraction of sp³-hybridized carbons (Fsp3) is 0.250. The number of halogens is 3. The average Bonchev–Trinajstić information content (AvgIpc) is 3.00. The van der Waals surface area contributed by atoms with Crippen molar-refractivity contribution < 1.29 is 27.5 Å². The summed E-state index contributed by atoms with van der Waals surface area (Å²) in [5.74, 6) is -0.186. The van der Waals surface area contributed by atoms with E-state index in [9.17, 15) is 22.8 Å². The van der Waals surface area contributed by atoms with Gasteiger partial charge in [0.05, 0.1) is 18.4 Å². The number of nitrogens with zero attached hydrogens (tertiary/aromatic N) is 2. The van der Waals surface area contributed by atoms with Gasteiger partial charge in [-0.15, -0.1) is 0 Å². The van der Waals surface area contributed by atoms with Gasteiger partial charge in [-0.1, -0.05) is 17.8 Å². The topological polar surface area (TPSA) is 71.0 Å². The maximum atomic E-state index is 12.9. The SMILES string of the molecule is CN=C(Nc1cccc(C(F)(F)F)c1)SC1CC(=O)N(c2ccc(OC)cc2)C1=O. The lowest BCUT2D eigenvalue weighted by molar-refractivity contribution is -0.137. The summed E-state index contributed by atoms with van der Waals surface area (Å²) in [7, 11) is 2.96. The maximum absolute atomic E-state index is 12.9. The van der Waals surface area contributed by atoms with Gasteiger partial charge >= 0.3 is 6.18 Å². The lowest BCUT2D eigenvalue weighted by atomic mass is 10.2. The summed E-state index contributed by atoms with van der Waals surface area (Å²) in [5, 5.41) is 2.28. The molecule has 2 aromatic rings. The highest BCUT2D eigenvalue weighted by Crippen LogP contribution is 2.33. The van der Waals surface area contributed by atoms with Crippen LogP contribution >= 0.6 is 11.8 Å².